The van der Waals surface area contributed by atoms with Crippen molar-refractivity contribution in [2.24, 2.45) is 0 Å². The molecule has 1 aromatic carbocycles. The molecule has 0 spiro atoms. The van der Waals surface area contributed by atoms with E-state index < -0.39 is 9.84 Å². The highest BCUT2D eigenvalue weighted by Crippen LogP contribution is 2.15. The number of aryl methyl sites for hydroxylation is 1. The first kappa shape index (κ1) is 9.00. The molecule has 0 saturated carbocycles. The average Bonchev–Trinajstić information content (AvgIpc) is 2.05. The molecule has 12 heavy (non-hydrogen) atoms. The van der Waals surface area contributed by atoms with Crippen molar-refractivity contribution in [1.29, 1.82) is 0 Å². The van der Waals surface area contributed by atoms with Crippen LogP contribution in [0.4, 0.5) is 0 Å². The van der Waals surface area contributed by atoms with Crippen LogP contribution in [-0.4, -0.2) is 8.42 Å². The minimum atomic E-state index is -3.26. The smallest absolute Gasteiger partial charge is 0.199 e. The lowest BCUT2D eigenvalue weighted by atomic mass is 10.2. The second-order valence-electron chi connectivity index (χ2n) is 2.48. The zero-order chi connectivity index (χ0) is 9.19. The molecule has 0 aliphatic carbocycles. The van der Waals surface area contributed by atoms with Crippen LogP contribution >= 0.6 is 0 Å². The summed E-state index contributed by atoms with van der Waals surface area (Å²) in [6, 6.07) is 6.84. The maximum Gasteiger partial charge on any atom is 0.199 e. The van der Waals surface area contributed by atoms with E-state index in [1.807, 2.05) is 0 Å². The predicted molar refractivity (Wildman–Crippen MR) is 48.6 cm³/mol. The normalized spacial score (nSPS) is 11.1. The second-order valence-corrected chi connectivity index (χ2v) is 4.34. The van der Waals surface area contributed by atoms with Gasteiger partial charge in [0.2, 0.25) is 0 Å². The molecular weight excluding hydrogens is 172 g/mol. The Kier molecular flexibility index (Phi) is 2.33. The molecule has 0 saturated heterocycles. The Morgan fingerprint density at radius 3 is 2.42 bits per heavy atom. The Morgan fingerprint density at radius 2 is 1.92 bits per heavy atom. The van der Waals surface area contributed by atoms with Gasteiger partial charge in [-0.15, -0.1) is 0 Å². The van der Waals surface area contributed by atoms with Crippen LogP contribution in [-0.2, 0) is 9.84 Å². The summed E-state index contributed by atoms with van der Waals surface area (Å²) >= 11 is 0. The third-order valence-corrected chi connectivity index (χ3v) is 3.13. The van der Waals surface area contributed by atoms with Crippen LogP contribution in [0.2, 0.25) is 0 Å². The molecule has 0 fully saturated rings. The van der Waals surface area contributed by atoms with Crippen LogP contribution in [0.25, 0.3) is 0 Å². The maximum atomic E-state index is 11.3. The molecule has 0 N–H and O–H groups in total. The van der Waals surface area contributed by atoms with Crippen LogP contribution in [0, 0.1) is 6.92 Å². The molecule has 0 amide bonds. The van der Waals surface area contributed by atoms with Gasteiger partial charge in [0.15, 0.2) is 9.84 Å². The summed E-state index contributed by atoms with van der Waals surface area (Å²) in [6.45, 7) is 5.02. The minimum Gasteiger partial charge on any atom is -0.219 e. The van der Waals surface area contributed by atoms with E-state index in [9.17, 15) is 8.42 Å². The van der Waals surface area contributed by atoms with E-state index in [1.165, 1.54) is 0 Å². The third kappa shape index (κ3) is 1.56. The molecule has 3 heteroatoms. The number of sulfone groups is 1. The standard InChI is InChI=1S/C9H10O2S/c1-3-12(10,11)9-7-5-4-6-8(9)2/h3-7H,1H2,2H3. The van der Waals surface area contributed by atoms with Gasteiger partial charge in [-0.3, -0.25) is 0 Å². The molecule has 1 rings (SSSR count). The molecule has 64 valence electrons. The van der Waals surface area contributed by atoms with Crippen LogP contribution in [0.15, 0.2) is 41.1 Å². The Balaban J connectivity index is 3.39. The zero-order valence-corrected chi connectivity index (χ0v) is 7.64. The van der Waals surface area contributed by atoms with Gasteiger partial charge in [0.25, 0.3) is 0 Å². The van der Waals surface area contributed by atoms with E-state index in [0.717, 1.165) is 11.0 Å². The van der Waals surface area contributed by atoms with Gasteiger partial charge in [-0.1, -0.05) is 24.8 Å². The van der Waals surface area contributed by atoms with Gasteiger partial charge in [-0.25, -0.2) is 8.42 Å². The summed E-state index contributed by atoms with van der Waals surface area (Å²) in [5, 5.41) is 0.968. The highest BCUT2D eigenvalue weighted by atomic mass is 32.2. The van der Waals surface area contributed by atoms with Gasteiger partial charge in [0.1, 0.15) is 0 Å². The van der Waals surface area contributed by atoms with Crippen molar-refractivity contribution in [1.82, 2.24) is 0 Å². The van der Waals surface area contributed by atoms with Gasteiger partial charge >= 0.3 is 0 Å². The summed E-state index contributed by atoms with van der Waals surface area (Å²) in [6.07, 6.45) is 0. The second kappa shape index (κ2) is 3.11. The van der Waals surface area contributed by atoms with Crippen LogP contribution < -0.4 is 0 Å². The monoisotopic (exact) mass is 182 g/mol. The van der Waals surface area contributed by atoms with Crippen molar-refractivity contribution < 1.29 is 8.42 Å². The number of hydrogen-bond donors (Lipinski definition) is 0. The minimum absolute atomic E-state index is 0.333. The van der Waals surface area contributed by atoms with Gasteiger partial charge in [-0.2, -0.15) is 0 Å². The Morgan fingerprint density at radius 1 is 1.33 bits per heavy atom. The van der Waals surface area contributed by atoms with Gasteiger partial charge in [0, 0.05) is 5.41 Å². The Hall–Kier alpha value is -1.09. The molecule has 0 heterocycles. The lowest BCUT2D eigenvalue weighted by Crippen LogP contribution is -1.97. The fraction of sp³-hybridized carbons (Fsp3) is 0.111. The highest BCUT2D eigenvalue weighted by molar-refractivity contribution is 7.94. The average molecular weight is 182 g/mol. The molecule has 0 aliphatic heterocycles. The summed E-state index contributed by atoms with van der Waals surface area (Å²) in [4.78, 5) is 0.333. The quantitative estimate of drug-likeness (QED) is 0.700. The van der Waals surface area contributed by atoms with Crippen molar-refractivity contribution in [3.63, 3.8) is 0 Å². The van der Waals surface area contributed by atoms with E-state index in [2.05, 4.69) is 6.58 Å². The maximum absolute atomic E-state index is 11.3. The molecule has 0 radical (unpaired) electrons. The van der Waals surface area contributed by atoms with Crippen molar-refractivity contribution in [2.75, 3.05) is 0 Å². The summed E-state index contributed by atoms with van der Waals surface area (Å²) in [5.74, 6) is 0. The van der Waals surface area contributed by atoms with Crippen molar-refractivity contribution in [2.45, 2.75) is 11.8 Å². The molecule has 0 bridgehead atoms. The van der Waals surface area contributed by atoms with E-state index in [4.69, 9.17) is 0 Å². The fourth-order valence-electron chi connectivity index (χ4n) is 0.965. The van der Waals surface area contributed by atoms with Crippen molar-refractivity contribution >= 4 is 9.84 Å². The fourth-order valence-corrected chi connectivity index (χ4v) is 1.93. The first-order valence-electron chi connectivity index (χ1n) is 3.51. The topological polar surface area (TPSA) is 34.1 Å². The Bertz CT molecular complexity index is 391. The van der Waals surface area contributed by atoms with E-state index in [1.54, 1.807) is 31.2 Å². The van der Waals surface area contributed by atoms with E-state index in [-0.39, 0.29) is 0 Å². The lowest BCUT2D eigenvalue weighted by Gasteiger charge is -2.01. The van der Waals surface area contributed by atoms with Gasteiger partial charge in [0.05, 0.1) is 4.90 Å². The SMILES string of the molecule is C=CS(=O)(=O)c1ccccc1C. The van der Waals surface area contributed by atoms with E-state index >= 15 is 0 Å². The molecule has 2 nitrogen and oxygen atoms in total. The first-order valence-corrected chi connectivity index (χ1v) is 5.06. The number of hydrogen-bond acceptors (Lipinski definition) is 2. The van der Waals surface area contributed by atoms with Gasteiger partial charge in [-0.05, 0) is 18.6 Å². The largest absolute Gasteiger partial charge is 0.219 e. The highest BCUT2D eigenvalue weighted by Gasteiger charge is 2.10. The van der Waals surface area contributed by atoms with Crippen LogP contribution in [0.3, 0.4) is 0 Å². The summed E-state index contributed by atoms with van der Waals surface area (Å²) < 4.78 is 22.6. The number of benzene rings is 1. The zero-order valence-electron chi connectivity index (χ0n) is 6.82. The molecule has 0 aliphatic rings. The molecule has 0 unspecified atom stereocenters. The van der Waals surface area contributed by atoms with Crippen molar-refractivity contribution in [3.8, 4) is 0 Å². The third-order valence-electron chi connectivity index (χ3n) is 1.62. The van der Waals surface area contributed by atoms with Gasteiger partial charge < -0.3 is 0 Å². The predicted octanol–water partition coefficient (Wildman–Crippen LogP) is 1.91. The van der Waals surface area contributed by atoms with Crippen LogP contribution in [0.5, 0.6) is 0 Å². The first-order chi connectivity index (χ1) is 5.58. The van der Waals surface area contributed by atoms with Crippen molar-refractivity contribution in [3.05, 3.63) is 41.8 Å². The molecule has 0 atom stereocenters. The molecular formula is C9H10O2S. The Labute approximate surface area is 72.5 Å². The molecule has 1 aromatic rings. The summed E-state index contributed by atoms with van der Waals surface area (Å²) in [5.41, 5.74) is 0.748. The number of rotatable bonds is 2. The molecule has 0 aromatic heterocycles. The van der Waals surface area contributed by atoms with Crippen LogP contribution in [0.1, 0.15) is 5.56 Å². The lowest BCUT2D eigenvalue weighted by molar-refractivity contribution is 0.604. The van der Waals surface area contributed by atoms with E-state index in [0.29, 0.717) is 4.90 Å². The summed E-state index contributed by atoms with van der Waals surface area (Å²) in [7, 11) is -3.26.